The Bertz CT molecular complexity index is 289. The van der Waals surface area contributed by atoms with Crippen molar-refractivity contribution < 1.29 is 13.9 Å². The van der Waals surface area contributed by atoms with Crippen LogP contribution in [0.25, 0.3) is 0 Å². The van der Waals surface area contributed by atoms with Gasteiger partial charge in [0, 0.05) is 13.2 Å². The zero-order chi connectivity index (χ0) is 11.8. The predicted octanol–water partition coefficient (Wildman–Crippen LogP) is 1.02. The molecule has 0 fully saturated rings. The van der Waals surface area contributed by atoms with Crippen LogP contribution in [0.3, 0.4) is 0 Å². The quantitative estimate of drug-likeness (QED) is 0.542. The highest BCUT2D eigenvalue weighted by Gasteiger charge is 2.12. The Balaban J connectivity index is 2.35. The summed E-state index contributed by atoms with van der Waals surface area (Å²) >= 11 is 1.40. The minimum Gasteiger partial charge on any atom is -0.415 e. The fourth-order valence-corrected chi connectivity index (χ4v) is 1.76. The maximum Gasteiger partial charge on any atom is 0.276 e. The Labute approximate surface area is 98.9 Å². The van der Waals surface area contributed by atoms with Gasteiger partial charge in [-0.25, -0.2) is 0 Å². The average molecular weight is 247 g/mol. The van der Waals surface area contributed by atoms with Crippen molar-refractivity contribution in [1.82, 2.24) is 10.2 Å². The van der Waals surface area contributed by atoms with Crippen molar-refractivity contribution in [3.05, 3.63) is 5.89 Å². The maximum absolute atomic E-state index is 5.38. The Kier molecular flexibility index (Phi) is 6.39. The molecule has 0 spiro atoms. The van der Waals surface area contributed by atoms with Gasteiger partial charge in [-0.2, -0.15) is 0 Å². The van der Waals surface area contributed by atoms with E-state index in [0.717, 1.165) is 0 Å². The Morgan fingerprint density at radius 3 is 2.50 bits per heavy atom. The van der Waals surface area contributed by atoms with Crippen LogP contribution < -0.4 is 5.73 Å². The molecule has 0 unspecified atom stereocenters. The molecule has 16 heavy (non-hydrogen) atoms. The summed E-state index contributed by atoms with van der Waals surface area (Å²) in [7, 11) is 0. The van der Waals surface area contributed by atoms with Gasteiger partial charge in [-0.1, -0.05) is 11.8 Å². The van der Waals surface area contributed by atoms with Crippen LogP contribution in [0.15, 0.2) is 9.64 Å². The van der Waals surface area contributed by atoms with E-state index in [-0.39, 0.29) is 12.8 Å². The Morgan fingerprint density at radius 2 is 2.00 bits per heavy atom. The van der Waals surface area contributed by atoms with E-state index in [0.29, 0.717) is 30.1 Å². The largest absolute Gasteiger partial charge is 0.415 e. The lowest BCUT2D eigenvalue weighted by Crippen LogP contribution is -2.19. The Morgan fingerprint density at radius 1 is 1.31 bits per heavy atom. The number of nitrogens with zero attached hydrogens (tertiary/aromatic N) is 2. The number of thioether (sulfide) groups is 1. The van der Waals surface area contributed by atoms with Crippen molar-refractivity contribution in [2.45, 2.75) is 31.9 Å². The van der Waals surface area contributed by atoms with Crippen LogP contribution >= 0.6 is 11.8 Å². The lowest BCUT2D eigenvalue weighted by molar-refractivity contribution is -0.120. The van der Waals surface area contributed by atoms with Crippen molar-refractivity contribution in [1.29, 1.82) is 0 Å². The van der Waals surface area contributed by atoms with Crippen molar-refractivity contribution in [3.8, 4) is 0 Å². The van der Waals surface area contributed by atoms with E-state index in [1.807, 2.05) is 13.8 Å². The molecule has 7 heteroatoms. The molecule has 0 bridgehead atoms. The average Bonchev–Trinajstić information content (AvgIpc) is 2.74. The lowest BCUT2D eigenvalue weighted by Gasteiger charge is -2.14. The van der Waals surface area contributed by atoms with E-state index in [1.54, 1.807) is 0 Å². The highest BCUT2D eigenvalue weighted by Crippen LogP contribution is 2.18. The van der Waals surface area contributed by atoms with Gasteiger partial charge >= 0.3 is 0 Å². The molecule has 0 aliphatic heterocycles. The fraction of sp³-hybridized carbons (Fsp3) is 0.778. The van der Waals surface area contributed by atoms with Gasteiger partial charge in [0.2, 0.25) is 5.89 Å². The molecular weight excluding hydrogens is 230 g/mol. The van der Waals surface area contributed by atoms with E-state index >= 15 is 0 Å². The molecule has 0 aliphatic rings. The number of rotatable bonds is 8. The minimum atomic E-state index is -0.242. The molecule has 0 aromatic carbocycles. The first kappa shape index (κ1) is 13.4. The van der Waals surface area contributed by atoms with Gasteiger partial charge in [-0.3, -0.25) is 0 Å². The van der Waals surface area contributed by atoms with Crippen LogP contribution in [0.4, 0.5) is 0 Å². The summed E-state index contributed by atoms with van der Waals surface area (Å²) in [5.74, 6) is 1.06. The van der Waals surface area contributed by atoms with Gasteiger partial charge in [-0.15, -0.1) is 10.2 Å². The van der Waals surface area contributed by atoms with E-state index < -0.39 is 0 Å². The molecule has 1 rings (SSSR count). The number of nitrogens with two attached hydrogens (primary N) is 1. The maximum atomic E-state index is 5.38. The summed E-state index contributed by atoms with van der Waals surface area (Å²) in [5.41, 5.74) is 5.36. The van der Waals surface area contributed by atoms with E-state index in [1.165, 1.54) is 11.8 Å². The first-order valence-electron chi connectivity index (χ1n) is 5.18. The number of hydrogen-bond acceptors (Lipinski definition) is 7. The first-order chi connectivity index (χ1) is 7.80. The smallest absolute Gasteiger partial charge is 0.276 e. The summed E-state index contributed by atoms with van der Waals surface area (Å²) in [6.45, 7) is 5.34. The molecule has 92 valence electrons. The van der Waals surface area contributed by atoms with Crippen LogP contribution in [-0.2, 0) is 16.0 Å². The van der Waals surface area contributed by atoms with Gasteiger partial charge in [-0.05, 0) is 13.8 Å². The number of hydrogen-bond donors (Lipinski definition) is 1. The van der Waals surface area contributed by atoms with Crippen molar-refractivity contribution in [2.24, 2.45) is 5.73 Å². The van der Waals surface area contributed by atoms with E-state index in [9.17, 15) is 0 Å². The molecular formula is C9H17N3O3S. The summed E-state index contributed by atoms with van der Waals surface area (Å²) < 4.78 is 16.0. The summed E-state index contributed by atoms with van der Waals surface area (Å²) in [5, 5.41) is 8.09. The van der Waals surface area contributed by atoms with Crippen LogP contribution in [0.2, 0.25) is 0 Å². The molecule has 0 radical (unpaired) electrons. The molecule has 0 saturated carbocycles. The molecule has 0 saturated heterocycles. The minimum absolute atomic E-state index is 0.242. The van der Waals surface area contributed by atoms with Gasteiger partial charge in [0.25, 0.3) is 5.22 Å². The molecule has 6 nitrogen and oxygen atoms in total. The fourth-order valence-electron chi connectivity index (χ4n) is 1.03. The summed E-state index contributed by atoms with van der Waals surface area (Å²) in [6.07, 6.45) is -0.242. The number of ether oxygens (including phenoxy) is 2. The third-order valence-corrected chi connectivity index (χ3v) is 2.52. The van der Waals surface area contributed by atoms with E-state index in [2.05, 4.69) is 10.2 Å². The monoisotopic (exact) mass is 247 g/mol. The second kappa shape index (κ2) is 7.61. The molecule has 1 heterocycles. The third kappa shape index (κ3) is 4.48. The Hall–Kier alpha value is -0.630. The zero-order valence-corrected chi connectivity index (χ0v) is 10.3. The summed E-state index contributed by atoms with van der Waals surface area (Å²) in [6, 6.07) is 0. The summed E-state index contributed by atoms with van der Waals surface area (Å²) in [4.78, 5) is 0. The molecule has 0 amide bonds. The second-order valence-electron chi connectivity index (χ2n) is 2.82. The lowest BCUT2D eigenvalue weighted by atomic mass is 10.7. The van der Waals surface area contributed by atoms with Crippen molar-refractivity contribution in [2.75, 3.05) is 19.0 Å². The van der Waals surface area contributed by atoms with Crippen LogP contribution in [0.1, 0.15) is 19.7 Å². The van der Waals surface area contributed by atoms with Crippen molar-refractivity contribution in [3.63, 3.8) is 0 Å². The molecule has 1 aromatic rings. The van der Waals surface area contributed by atoms with E-state index in [4.69, 9.17) is 19.6 Å². The molecule has 2 N–H and O–H groups in total. The van der Waals surface area contributed by atoms with Gasteiger partial charge in [0.15, 0.2) is 6.29 Å². The standard InChI is InChI=1S/C9H17N3O3S/c1-3-13-8(14-4-2)6-16-9-12-11-7(5-10)15-9/h8H,3-6,10H2,1-2H3. The first-order valence-corrected chi connectivity index (χ1v) is 6.17. The zero-order valence-electron chi connectivity index (χ0n) is 9.51. The highest BCUT2D eigenvalue weighted by molar-refractivity contribution is 7.99. The predicted molar refractivity (Wildman–Crippen MR) is 60.0 cm³/mol. The van der Waals surface area contributed by atoms with Gasteiger partial charge in [0.1, 0.15) is 0 Å². The van der Waals surface area contributed by atoms with Crippen molar-refractivity contribution >= 4 is 11.8 Å². The molecule has 0 atom stereocenters. The third-order valence-electron chi connectivity index (χ3n) is 1.67. The normalized spacial score (nSPS) is 11.2. The second-order valence-corrected chi connectivity index (χ2v) is 3.79. The van der Waals surface area contributed by atoms with Gasteiger partial charge < -0.3 is 19.6 Å². The molecule has 0 aliphatic carbocycles. The molecule has 1 aromatic heterocycles. The van der Waals surface area contributed by atoms with Gasteiger partial charge in [0.05, 0.1) is 12.3 Å². The highest BCUT2D eigenvalue weighted by atomic mass is 32.2. The number of aromatic nitrogens is 2. The van der Waals surface area contributed by atoms with Crippen LogP contribution in [-0.4, -0.2) is 35.5 Å². The van der Waals surface area contributed by atoms with Crippen LogP contribution in [0, 0.1) is 0 Å². The topological polar surface area (TPSA) is 83.4 Å². The SMILES string of the molecule is CCOC(CSc1nnc(CN)o1)OCC. The van der Waals surface area contributed by atoms with Crippen LogP contribution in [0.5, 0.6) is 0 Å².